The van der Waals surface area contributed by atoms with Gasteiger partial charge in [-0.1, -0.05) is 157 Å². The van der Waals surface area contributed by atoms with Gasteiger partial charge in [0.2, 0.25) is 0 Å². The van der Waals surface area contributed by atoms with Crippen molar-refractivity contribution in [2.75, 3.05) is 7.11 Å². The average Bonchev–Trinajstić information content (AvgIpc) is 3.61. The lowest BCUT2D eigenvalue weighted by molar-refractivity contribution is 0.409. The highest BCUT2D eigenvalue weighted by Crippen LogP contribution is 2.63. The Morgan fingerprint density at radius 2 is 1.02 bits per heavy atom. The number of hydrogen-bond acceptors (Lipinski definition) is 1. The summed E-state index contributed by atoms with van der Waals surface area (Å²) in [4.78, 5) is 0. The SMILES string of the molecule is COc1ccc2c(c1)C=CC2C(c1ccccc1)(c1ccccc1)C1c2cc(C(C)(C)C)ccc2-c2ccc(C(C)(C)C)cc21. The Hall–Kier alpha value is -4.36. The molecule has 0 radical (unpaired) electrons. The maximum Gasteiger partial charge on any atom is 0.119 e. The smallest absolute Gasteiger partial charge is 0.119 e. The molecule has 0 amide bonds. The van der Waals surface area contributed by atoms with Gasteiger partial charge in [0.25, 0.3) is 0 Å². The summed E-state index contributed by atoms with van der Waals surface area (Å²) in [6, 6.07) is 43.8. The van der Waals surface area contributed by atoms with Gasteiger partial charge in [-0.3, -0.25) is 0 Å². The summed E-state index contributed by atoms with van der Waals surface area (Å²) < 4.78 is 5.68. The van der Waals surface area contributed by atoms with Crippen LogP contribution in [0.5, 0.6) is 5.75 Å². The van der Waals surface area contributed by atoms with Crippen LogP contribution in [-0.2, 0) is 16.2 Å². The number of benzene rings is 5. The van der Waals surface area contributed by atoms with Crippen LogP contribution in [0.2, 0.25) is 0 Å². The normalized spacial score (nSPS) is 15.9. The van der Waals surface area contributed by atoms with Crippen LogP contribution in [0.25, 0.3) is 17.2 Å². The Morgan fingerprint density at radius 1 is 0.511 bits per heavy atom. The number of fused-ring (bicyclic) bond motifs is 4. The summed E-state index contributed by atoms with van der Waals surface area (Å²) in [5, 5.41) is 0. The van der Waals surface area contributed by atoms with Gasteiger partial charge < -0.3 is 4.74 Å². The van der Waals surface area contributed by atoms with E-state index >= 15 is 0 Å². The Balaban J connectivity index is 1.63. The van der Waals surface area contributed by atoms with E-state index in [1.54, 1.807) is 7.11 Å². The zero-order valence-electron chi connectivity index (χ0n) is 27.7. The molecule has 0 spiro atoms. The molecule has 0 saturated heterocycles. The standard InChI is InChI=1S/C44H44O/c1-42(2,3)32-19-22-36-37-23-20-33(43(4,5)6)28-39(37)41(38(36)27-32)44(30-14-10-8-11-15-30,31-16-12-9-13-17-31)40-25-18-29-26-34(45-7)21-24-35(29)40/h8-28,40-41H,1-7H3. The first kappa shape index (κ1) is 29.4. The molecule has 0 heterocycles. The average molecular weight is 589 g/mol. The van der Waals surface area contributed by atoms with Crippen molar-refractivity contribution >= 4 is 6.08 Å². The fraction of sp³-hybridized carbons (Fsp3) is 0.273. The zero-order chi connectivity index (χ0) is 31.6. The molecule has 0 aromatic heterocycles. The lowest BCUT2D eigenvalue weighted by Gasteiger charge is -2.46. The second-order valence-electron chi connectivity index (χ2n) is 15.0. The lowest BCUT2D eigenvalue weighted by atomic mass is 9.55. The lowest BCUT2D eigenvalue weighted by Crippen LogP contribution is -2.40. The minimum absolute atomic E-state index is 0.0312. The van der Waals surface area contributed by atoms with Gasteiger partial charge in [-0.25, -0.2) is 0 Å². The van der Waals surface area contributed by atoms with Gasteiger partial charge in [0, 0.05) is 17.3 Å². The van der Waals surface area contributed by atoms with Crippen LogP contribution in [0.15, 0.2) is 121 Å². The van der Waals surface area contributed by atoms with Crippen molar-refractivity contribution in [3.8, 4) is 16.9 Å². The molecule has 7 rings (SSSR count). The molecule has 1 unspecified atom stereocenters. The molecule has 0 saturated carbocycles. The first-order valence-corrected chi connectivity index (χ1v) is 16.3. The van der Waals surface area contributed by atoms with Crippen molar-refractivity contribution in [2.24, 2.45) is 0 Å². The molecule has 2 aliphatic carbocycles. The van der Waals surface area contributed by atoms with Gasteiger partial charge in [0.1, 0.15) is 5.75 Å². The van der Waals surface area contributed by atoms with Crippen molar-refractivity contribution in [1.82, 2.24) is 0 Å². The van der Waals surface area contributed by atoms with Crippen LogP contribution >= 0.6 is 0 Å². The molecule has 2 aliphatic rings. The monoisotopic (exact) mass is 588 g/mol. The molecule has 226 valence electrons. The predicted molar refractivity (Wildman–Crippen MR) is 190 cm³/mol. The number of rotatable bonds is 5. The Labute approximate surface area is 269 Å². The van der Waals surface area contributed by atoms with E-state index in [1.807, 2.05) is 0 Å². The number of allylic oxidation sites excluding steroid dienone is 1. The number of methoxy groups -OCH3 is 1. The first-order chi connectivity index (χ1) is 21.5. The number of ether oxygens (including phenoxy) is 1. The summed E-state index contributed by atoms with van der Waals surface area (Å²) in [5.74, 6) is 1.08. The summed E-state index contributed by atoms with van der Waals surface area (Å²) >= 11 is 0. The quantitative estimate of drug-likeness (QED) is 0.198. The third kappa shape index (κ3) is 4.67. The first-order valence-electron chi connectivity index (χ1n) is 16.3. The molecule has 45 heavy (non-hydrogen) atoms. The highest BCUT2D eigenvalue weighted by atomic mass is 16.5. The molecule has 5 aromatic rings. The fourth-order valence-electron chi connectivity index (χ4n) is 7.96. The van der Waals surface area contributed by atoms with E-state index in [0.717, 1.165) is 5.75 Å². The molecule has 1 nitrogen and oxygen atoms in total. The molecule has 1 heteroatoms. The minimum Gasteiger partial charge on any atom is -0.497 e. The molecule has 0 N–H and O–H groups in total. The summed E-state index contributed by atoms with van der Waals surface area (Å²) in [5.41, 5.74) is 13.2. The Kier molecular flexibility index (Phi) is 6.93. The highest BCUT2D eigenvalue weighted by Gasteiger charge is 2.53. The van der Waals surface area contributed by atoms with E-state index in [2.05, 4.69) is 169 Å². The zero-order valence-corrected chi connectivity index (χ0v) is 27.7. The summed E-state index contributed by atoms with van der Waals surface area (Å²) in [6.45, 7) is 14.0. The maximum absolute atomic E-state index is 5.68. The van der Waals surface area contributed by atoms with E-state index in [-0.39, 0.29) is 22.7 Å². The van der Waals surface area contributed by atoms with E-state index in [9.17, 15) is 0 Å². The predicted octanol–water partition coefficient (Wildman–Crippen LogP) is 11.2. The van der Waals surface area contributed by atoms with Crippen LogP contribution in [0.4, 0.5) is 0 Å². The molecule has 0 aliphatic heterocycles. The van der Waals surface area contributed by atoms with Crippen molar-refractivity contribution in [2.45, 2.75) is 69.6 Å². The van der Waals surface area contributed by atoms with Crippen LogP contribution in [0, 0.1) is 0 Å². The van der Waals surface area contributed by atoms with Gasteiger partial charge in [0.15, 0.2) is 0 Å². The largest absolute Gasteiger partial charge is 0.497 e. The van der Waals surface area contributed by atoms with E-state index in [0.29, 0.717) is 0 Å². The number of hydrogen-bond donors (Lipinski definition) is 0. The van der Waals surface area contributed by atoms with Crippen molar-refractivity contribution in [1.29, 1.82) is 0 Å². The molecular formula is C44H44O. The van der Waals surface area contributed by atoms with Crippen molar-refractivity contribution in [3.05, 3.63) is 166 Å². The van der Waals surface area contributed by atoms with Gasteiger partial charge in [0.05, 0.1) is 7.11 Å². The third-order valence-electron chi connectivity index (χ3n) is 10.3. The van der Waals surface area contributed by atoms with E-state index < -0.39 is 5.41 Å². The topological polar surface area (TPSA) is 9.23 Å². The van der Waals surface area contributed by atoms with Crippen LogP contribution in [0.3, 0.4) is 0 Å². The maximum atomic E-state index is 5.68. The van der Waals surface area contributed by atoms with Crippen molar-refractivity contribution in [3.63, 3.8) is 0 Å². The molecule has 0 bridgehead atoms. The molecular weight excluding hydrogens is 544 g/mol. The van der Waals surface area contributed by atoms with Crippen LogP contribution in [-0.4, -0.2) is 7.11 Å². The fourth-order valence-corrected chi connectivity index (χ4v) is 7.96. The van der Waals surface area contributed by atoms with E-state index in [4.69, 9.17) is 4.74 Å². The molecule has 5 aromatic carbocycles. The second kappa shape index (κ2) is 10.6. The third-order valence-corrected chi connectivity index (χ3v) is 10.3. The van der Waals surface area contributed by atoms with Crippen LogP contribution < -0.4 is 4.74 Å². The van der Waals surface area contributed by atoms with Gasteiger partial charge in [-0.15, -0.1) is 0 Å². The Morgan fingerprint density at radius 3 is 1.49 bits per heavy atom. The van der Waals surface area contributed by atoms with Gasteiger partial charge >= 0.3 is 0 Å². The minimum atomic E-state index is -0.425. The Bertz CT molecular complexity index is 1790. The summed E-state index contributed by atoms with van der Waals surface area (Å²) in [6.07, 6.45) is 4.78. The van der Waals surface area contributed by atoms with Crippen LogP contribution in [0.1, 0.15) is 97.9 Å². The van der Waals surface area contributed by atoms with Crippen molar-refractivity contribution < 1.29 is 4.74 Å². The second-order valence-corrected chi connectivity index (χ2v) is 15.0. The van der Waals surface area contributed by atoms with Gasteiger partial charge in [-0.2, -0.15) is 0 Å². The molecule has 0 fully saturated rings. The highest BCUT2D eigenvalue weighted by molar-refractivity contribution is 5.83. The van der Waals surface area contributed by atoms with Gasteiger partial charge in [-0.05, 0) is 78.6 Å². The summed E-state index contributed by atoms with van der Waals surface area (Å²) in [7, 11) is 1.75. The van der Waals surface area contributed by atoms with E-state index in [1.165, 1.54) is 55.6 Å². The molecule has 1 atom stereocenters.